The number of rotatable bonds is 6. The van der Waals surface area contributed by atoms with Crippen LogP contribution in [0.4, 0.5) is 10.1 Å². The Morgan fingerprint density at radius 2 is 2.00 bits per heavy atom. The standard InChI is InChI=1S/C24H29FN2O3/c1-17-13-20(25)6-7-21(17)26-24(28)9-5-18-3-2-10-27(15-18)16-19-4-8-22-23(14-19)30-12-11-29-22/h4,6-8,13-14,18H,2-3,5,9-12,15-16H2,1H3,(H,26,28)/t18-/m1/s1. The molecule has 4 rings (SSSR count). The molecule has 1 fully saturated rings. The first-order valence-electron chi connectivity index (χ1n) is 10.7. The zero-order valence-electron chi connectivity index (χ0n) is 17.5. The van der Waals surface area contributed by atoms with Gasteiger partial charge in [0.15, 0.2) is 11.5 Å². The molecular weight excluding hydrogens is 383 g/mol. The summed E-state index contributed by atoms with van der Waals surface area (Å²) in [6.07, 6.45) is 3.65. The third kappa shape index (κ3) is 5.30. The summed E-state index contributed by atoms with van der Waals surface area (Å²) in [5.41, 5.74) is 2.65. The molecule has 1 amide bonds. The van der Waals surface area contributed by atoms with Crippen LogP contribution >= 0.6 is 0 Å². The number of carbonyl (C=O) groups excluding carboxylic acids is 1. The monoisotopic (exact) mass is 412 g/mol. The summed E-state index contributed by atoms with van der Waals surface area (Å²) >= 11 is 0. The second-order valence-corrected chi connectivity index (χ2v) is 8.27. The van der Waals surface area contributed by atoms with Gasteiger partial charge >= 0.3 is 0 Å². The fourth-order valence-electron chi connectivity index (χ4n) is 4.29. The van der Waals surface area contributed by atoms with E-state index in [0.717, 1.165) is 56.0 Å². The second-order valence-electron chi connectivity index (χ2n) is 8.27. The average Bonchev–Trinajstić information content (AvgIpc) is 2.74. The lowest BCUT2D eigenvalue weighted by Crippen LogP contribution is -2.35. The summed E-state index contributed by atoms with van der Waals surface area (Å²) in [6.45, 7) is 5.96. The van der Waals surface area contributed by atoms with Gasteiger partial charge in [-0.2, -0.15) is 0 Å². The highest BCUT2D eigenvalue weighted by Gasteiger charge is 2.21. The normalized spacial score (nSPS) is 18.8. The van der Waals surface area contributed by atoms with Gasteiger partial charge in [0.1, 0.15) is 19.0 Å². The van der Waals surface area contributed by atoms with Crippen LogP contribution in [-0.4, -0.2) is 37.1 Å². The minimum Gasteiger partial charge on any atom is -0.486 e. The first kappa shape index (κ1) is 20.7. The average molecular weight is 413 g/mol. The Labute approximate surface area is 177 Å². The van der Waals surface area contributed by atoms with Gasteiger partial charge in [-0.15, -0.1) is 0 Å². The molecule has 0 bridgehead atoms. The van der Waals surface area contributed by atoms with Gasteiger partial charge in [-0.25, -0.2) is 4.39 Å². The number of piperidine rings is 1. The van der Waals surface area contributed by atoms with Gasteiger partial charge in [0.25, 0.3) is 0 Å². The molecule has 0 spiro atoms. The van der Waals surface area contributed by atoms with Crippen molar-refractivity contribution in [2.75, 3.05) is 31.6 Å². The van der Waals surface area contributed by atoms with Crippen molar-refractivity contribution >= 4 is 11.6 Å². The molecule has 0 unspecified atom stereocenters. The summed E-state index contributed by atoms with van der Waals surface area (Å²) in [5, 5.41) is 2.91. The van der Waals surface area contributed by atoms with Crippen LogP contribution < -0.4 is 14.8 Å². The largest absolute Gasteiger partial charge is 0.486 e. The van der Waals surface area contributed by atoms with Crippen molar-refractivity contribution in [3.8, 4) is 11.5 Å². The smallest absolute Gasteiger partial charge is 0.224 e. The number of carbonyl (C=O) groups is 1. The summed E-state index contributed by atoms with van der Waals surface area (Å²) < 4.78 is 24.5. The number of hydrogen-bond acceptors (Lipinski definition) is 4. The molecule has 2 aromatic carbocycles. The van der Waals surface area contributed by atoms with E-state index in [2.05, 4.69) is 22.3 Å². The molecule has 2 aromatic rings. The Morgan fingerprint density at radius 1 is 1.17 bits per heavy atom. The Kier molecular flexibility index (Phi) is 6.53. The highest BCUT2D eigenvalue weighted by Crippen LogP contribution is 2.32. The van der Waals surface area contributed by atoms with Crippen LogP contribution in [0.2, 0.25) is 0 Å². The van der Waals surface area contributed by atoms with Gasteiger partial charge in [0, 0.05) is 25.2 Å². The van der Waals surface area contributed by atoms with Gasteiger partial charge in [0.05, 0.1) is 0 Å². The first-order chi connectivity index (χ1) is 14.6. The van der Waals surface area contributed by atoms with E-state index in [1.165, 1.54) is 17.7 Å². The third-order valence-electron chi connectivity index (χ3n) is 5.86. The third-order valence-corrected chi connectivity index (χ3v) is 5.86. The number of anilines is 1. The van der Waals surface area contributed by atoms with E-state index >= 15 is 0 Å². The van der Waals surface area contributed by atoms with E-state index in [1.807, 2.05) is 6.07 Å². The fraction of sp³-hybridized carbons (Fsp3) is 0.458. The zero-order valence-corrected chi connectivity index (χ0v) is 17.5. The molecule has 2 aliphatic rings. The molecule has 1 saturated heterocycles. The number of nitrogens with one attached hydrogen (secondary N) is 1. The first-order valence-corrected chi connectivity index (χ1v) is 10.7. The van der Waals surface area contributed by atoms with Crippen LogP contribution in [-0.2, 0) is 11.3 Å². The lowest BCUT2D eigenvalue weighted by atomic mass is 9.93. The summed E-state index contributed by atoms with van der Waals surface area (Å²) in [7, 11) is 0. The molecule has 0 aromatic heterocycles. The number of halogens is 1. The molecule has 0 radical (unpaired) electrons. The molecule has 5 nitrogen and oxygen atoms in total. The number of fused-ring (bicyclic) bond motifs is 1. The number of nitrogens with zero attached hydrogens (tertiary/aromatic N) is 1. The number of hydrogen-bond donors (Lipinski definition) is 1. The minimum absolute atomic E-state index is 0.00586. The molecular formula is C24H29FN2O3. The highest BCUT2D eigenvalue weighted by atomic mass is 19.1. The summed E-state index contributed by atoms with van der Waals surface area (Å²) in [5.74, 6) is 1.87. The molecule has 160 valence electrons. The maximum atomic E-state index is 13.2. The fourth-order valence-corrected chi connectivity index (χ4v) is 4.29. The molecule has 2 heterocycles. The van der Waals surface area contributed by atoms with Crippen molar-refractivity contribution in [3.63, 3.8) is 0 Å². The summed E-state index contributed by atoms with van der Waals surface area (Å²) in [6, 6.07) is 10.6. The lowest BCUT2D eigenvalue weighted by molar-refractivity contribution is -0.116. The number of benzene rings is 2. The Bertz CT molecular complexity index is 902. The van der Waals surface area contributed by atoms with E-state index in [4.69, 9.17) is 9.47 Å². The predicted molar refractivity (Wildman–Crippen MR) is 114 cm³/mol. The van der Waals surface area contributed by atoms with E-state index in [1.54, 1.807) is 13.0 Å². The number of aryl methyl sites for hydroxylation is 1. The SMILES string of the molecule is Cc1cc(F)ccc1NC(=O)CC[C@H]1CCCN(Cc2ccc3c(c2)OCCO3)C1. The van der Waals surface area contributed by atoms with Gasteiger partial charge in [-0.1, -0.05) is 6.07 Å². The molecule has 1 atom stereocenters. The molecule has 0 aliphatic carbocycles. The lowest BCUT2D eigenvalue weighted by Gasteiger charge is -2.33. The van der Waals surface area contributed by atoms with Crippen molar-refractivity contribution in [1.82, 2.24) is 4.90 Å². The van der Waals surface area contributed by atoms with Crippen molar-refractivity contribution in [3.05, 3.63) is 53.3 Å². The van der Waals surface area contributed by atoms with Gasteiger partial charge in [-0.05, 0) is 80.1 Å². The molecule has 1 N–H and O–H groups in total. The Balaban J connectivity index is 1.26. The van der Waals surface area contributed by atoms with Crippen LogP contribution in [0.3, 0.4) is 0 Å². The van der Waals surface area contributed by atoms with Crippen LogP contribution in [0.25, 0.3) is 0 Å². The number of likely N-dealkylation sites (tertiary alicyclic amines) is 1. The van der Waals surface area contributed by atoms with Gasteiger partial charge < -0.3 is 14.8 Å². The van der Waals surface area contributed by atoms with Gasteiger partial charge in [-0.3, -0.25) is 9.69 Å². The van der Waals surface area contributed by atoms with Crippen LogP contribution in [0.5, 0.6) is 11.5 Å². The van der Waals surface area contributed by atoms with E-state index in [9.17, 15) is 9.18 Å². The van der Waals surface area contributed by atoms with Crippen molar-refractivity contribution in [1.29, 1.82) is 0 Å². The predicted octanol–water partition coefficient (Wildman–Crippen LogP) is 4.54. The van der Waals surface area contributed by atoms with E-state index in [0.29, 0.717) is 31.2 Å². The highest BCUT2D eigenvalue weighted by molar-refractivity contribution is 5.91. The van der Waals surface area contributed by atoms with Crippen LogP contribution in [0, 0.1) is 18.7 Å². The minimum atomic E-state index is -0.286. The van der Waals surface area contributed by atoms with E-state index in [-0.39, 0.29) is 11.7 Å². The molecule has 30 heavy (non-hydrogen) atoms. The topological polar surface area (TPSA) is 50.8 Å². The van der Waals surface area contributed by atoms with Gasteiger partial charge in [0.2, 0.25) is 5.91 Å². The Hall–Kier alpha value is -2.60. The quantitative estimate of drug-likeness (QED) is 0.757. The maximum absolute atomic E-state index is 13.2. The number of amides is 1. The van der Waals surface area contributed by atoms with Crippen molar-refractivity contribution in [2.45, 2.75) is 39.2 Å². The summed E-state index contributed by atoms with van der Waals surface area (Å²) in [4.78, 5) is 14.8. The Morgan fingerprint density at radius 3 is 2.83 bits per heavy atom. The maximum Gasteiger partial charge on any atom is 0.224 e. The molecule has 0 saturated carbocycles. The zero-order chi connectivity index (χ0) is 20.9. The van der Waals surface area contributed by atoms with E-state index < -0.39 is 0 Å². The molecule has 2 aliphatic heterocycles. The van der Waals surface area contributed by atoms with Crippen molar-refractivity contribution < 1.29 is 18.7 Å². The van der Waals surface area contributed by atoms with Crippen molar-refractivity contribution in [2.24, 2.45) is 5.92 Å². The van der Waals surface area contributed by atoms with Crippen LogP contribution in [0.15, 0.2) is 36.4 Å². The van der Waals surface area contributed by atoms with Crippen LogP contribution in [0.1, 0.15) is 36.8 Å². The second kappa shape index (κ2) is 9.47. The molecule has 6 heteroatoms. The number of ether oxygens (including phenoxy) is 2.